The van der Waals surface area contributed by atoms with Gasteiger partial charge in [0, 0.05) is 17.5 Å². The zero-order chi connectivity index (χ0) is 13.3. The topological polar surface area (TPSA) is 54.6 Å². The average Bonchev–Trinajstić information content (AvgIpc) is 2.72. The van der Waals surface area contributed by atoms with Crippen LogP contribution in [-0.4, -0.2) is 25.8 Å². The highest BCUT2D eigenvalue weighted by Crippen LogP contribution is 2.38. The number of rotatable bonds is 4. The second-order valence-electron chi connectivity index (χ2n) is 4.16. The molecule has 1 aromatic heterocycles. The minimum Gasteiger partial charge on any atom is -0.493 e. The van der Waals surface area contributed by atoms with E-state index in [2.05, 4.69) is 5.32 Å². The normalized spacial score (nSPS) is 12.9. The summed E-state index contributed by atoms with van der Waals surface area (Å²) in [6.07, 6.45) is -0.684. The molecule has 2 aromatic rings. The van der Waals surface area contributed by atoms with Gasteiger partial charge in [0.15, 0.2) is 11.3 Å². The summed E-state index contributed by atoms with van der Waals surface area (Å²) in [7, 11) is 3.34. The Labute approximate surface area is 110 Å². The molecular weight excluding hydrogens is 254 g/mol. The molecule has 5 heteroatoms. The number of hydrogen-bond donors (Lipinski definition) is 2. The summed E-state index contributed by atoms with van der Waals surface area (Å²) >= 11 is 6.31. The largest absolute Gasteiger partial charge is 0.493 e. The van der Waals surface area contributed by atoms with Crippen LogP contribution in [0.1, 0.15) is 17.4 Å². The molecule has 98 valence electrons. The lowest BCUT2D eigenvalue weighted by Gasteiger charge is -2.14. The third kappa shape index (κ3) is 2.19. The number of aliphatic hydroxyl groups excluding tert-OH is 1. The first kappa shape index (κ1) is 13.2. The van der Waals surface area contributed by atoms with Crippen molar-refractivity contribution < 1.29 is 14.3 Å². The van der Waals surface area contributed by atoms with E-state index in [9.17, 15) is 5.11 Å². The lowest BCUT2D eigenvalue weighted by Crippen LogP contribution is -2.17. The molecule has 0 bridgehead atoms. The average molecular weight is 270 g/mol. The van der Waals surface area contributed by atoms with Crippen LogP contribution in [0.4, 0.5) is 0 Å². The van der Waals surface area contributed by atoms with Gasteiger partial charge in [-0.2, -0.15) is 0 Å². The predicted octanol–water partition coefficient (Wildman–Crippen LogP) is 2.66. The van der Waals surface area contributed by atoms with Crippen molar-refractivity contribution in [2.24, 2.45) is 0 Å². The van der Waals surface area contributed by atoms with Crippen LogP contribution in [0.2, 0.25) is 5.02 Å². The van der Waals surface area contributed by atoms with E-state index in [0.29, 0.717) is 28.5 Å². The van der Waals surface area contributed by atoms with E-state index >= 15 is 0 Å². The van der Waals surface area contributed by atoms with Crippen molar-refractivity contribution in [2.75, 3.05) is 20.7 Å². The molecule has 1 atom stereocenters. The van der Waals surface area contributed by atoms with Crippen LogP contribution in [0.25, 0.3) is 11.0 Å². The number of benzene rings is 1. The molecule has 0 spiro atoms. The maximum atomic E-state index is 10.1. The van der Waals surface area contributed by atoms with Crippen LogP contribution >= 0.6 is 11.6 Å². The molecule has 4 nitrogen and oxygen atoms in total. The summed E-state index contributed by atoms with van der Waals surface area (Å²) in [6.45, 7) is 2.27. The monoisotopic (exact) mass is 269 g/mol. The molecule has 0 saturated carbocycles. The quantitative estimate of drug-likeness (QED) is 0.896. The second kappa shape index (κ2) is 5.18. The molecule has 0 radical (unpaired) electrons. The lowest BCUT2D eigenvalue weighted by molar-refractivity contribution is 0.177. The number of methoxy groups -OCH3 is 1. The van der Waals surface area contributed by atoms with E-state index in [0.717, 1.165) is 11.1 Å². The number of fused-ring (bicyclic) bond motifs is 1. The summed E-state index contributed by atoms with van der Waals surface area (Å²) in [4.78, 5) is 0. The van der Waals surface area contributed by atoms with Crippen molar-refractivity contribution in [3.8, 4) is 5.75 Å². The molecule has 0 fully saturated rings. The van der Waals surface area contributed by atoms with Gasteiger partial charge in [-0.05, 0) is 26.1 Å². The fourth-order valence-corrected chi connectivity index (χ4v) is 2.30. The summed E-state index contributed by atoms with van der Waals surface area (Å²) in [5, 5.41) is 14.2. The number of ether oxygens (including phenoxy) is 1. The SMILES string of the molecule is CNCC(O)c1cc(OC)c2oc(C)cc2c1Cl. The van der Waals surface area contributed by atoms with Crippen molar-refractivity contribution >= 4 is 22.6 Å². The van der Waals surface area contributed by atoms with Crippen molar-refractivity contribution in [1.82, 2.24) is 5.32 Å². The van der Waals surface area contributed by atoms with Gasteiger partial charge in [0.25, 0.3) is 0 Å². The highest BCUT2D eigenvalue weighted by atomic mass is 35.5. The van der Waals surface area contributed by atoms with E-state index in [-0.39, 0.29) is 0 Å². The number of nitrogens with one attached hydrogen (secondary N) is 1. The van der Waals surface area contributed by atoms with Crippen LogP contribution in [0, 0.1) is 6.92 Å². The van der Waals surface area contributed by atoms with E-state index < -0.39 is 6.10 Å². The summed E-state index contributed by atoms with van der Waals surface area (Å²) < 4.78 is 10.8. The maximum absolute atomic E-state index is 10.1. The molecule has 0 aliphatic heterocycles. The molecule has 0 amide bonds. The zero-order valence-corrected chi connectivity index (χ0v) is 11.3. The van der Waals surface area contributed by atoms with Crippen LogP contribution < -0.4 is 10.1 Å². The molecule has 1 unspecified atom stereocenters. The number of aliphatic hydroxyl groups is 1. The molecule has 18 heavy (non-hydrogen) atoms. The van der Waals surface area contributed by atoms with Gasteiger partial charge >= 0.3 is 0 Å². The van der Waals surface area contributed by atoms with Crippen LogP contribution in [0.5, 0.6) is 5.75 Å². The molecule has 0 aliphatic carbocycles. The second-order valence-corrected chi connectivity index (χ2v) is 4.53. The number of likely N-dealkylation sites (N-methyl/N-ethyl adjacent to an activating group) is 1. The highest BCUT2D eigenvalue weighted by Gasteiger charge is 2.19. The molecule has 2 rings (SSSR count). The van der Waals surface area contributed by atoms with Gasteiger partial charge < -0.3 is 19.6 Å². The van der Waals surface area contributed by atoms with Crippen LogP contribution in [0.3, 0.4) is 0 Å². The summed E-state index contributed by atoms with van der Waals surface area (Å²) in [5.41, 5.74) is 1.25. The number of hydrogen-bond acceptors (Lipinski definition) is 4. The van der Waals surface area contributed by atoms with Gasteiger partial charge in [0.05, 0.1) is 18.2 Å². The fourth-order valence-electron chi connectivity index (χ4n) is 1.98. The Balaban J connectivity index is 2.64. The Hall–Kier alpha value is -1.23. The van der Waals surface area contributed by atoms with Gasteiger partial charge in [-0.3, -0.25) is 0 Å². The number of furan rings is 1. The van der Waals surface area contributed by atoms with Crippen LogP contribution in [0.15, 0.2) is 16.5 Å². The first-order valence-corrected chi connectivity index (χ1v) is 6.05. The Morgan fingerprint density at radius 3 is 2.83 bits per heavy atom. The third-order valence-corrected chi connectivity index (χ3v) is 3.25. The van der Waals surface area contributed by atoms with Crippen molar-refractivity contribution in [3.63, 3.8) is 0 Å². The van der Waals surface area contributed by atoms with E-state index in [1.165, 1.54) is 0 Å². The lowest BCUT2D eigenvalue weighted by atomic mass is 10.1. The van der Waals surface area contributed by atoms with Gasteiger partial charge in [-0.15, -0.1) is 0 Å². The van der Waals surface area contributed by atoms with Crippen molar-refractivity contribution in [1.29, 1.82) is 0 Å². The Morgan fingerprint density at radius 2 is 2.22 bits per heavy atom. The van der Waals surface area contributed by atoms with Crippen molar-refractivity contribution in [3.05, 3.63) is 28.5 Å². The maximum Gasteiger partial charge on any atom is 0.177 e. The molecule has 1 aromatic carbocycles. The fraction of sp³-hybridized carbons (Fsp3) is 0.385. The van der Waals surface area contributed by atoms with Gasteiger partial charge in [-0.25, -0.2) is 0 Å². The number of aryl methyl sites for hydroxylation is 1. The molecule has 0 aliphatic rings. The van der Waals surface area contributed by atoms with E-state index in [1.807, 2.05) is 13.0 Å². The Kier molecular flexibility index (Phi) is 3.80. The highest BCUT2D eigenvalue weighted by molar-refractivity contribution is 6.36. The van der Waals surface area contributed by atoms with Crippen molar-refractivity contribution in [2.45, 2.75) is 13.0 Å². The first-order chi connectivity index (χ1) is 8.58. The minimum atomic E-state index is -0.684. The molecule has 1 heterocycles. The van der Waals surface area contributed by atoms with Gasteiger partial charge in [0.1, 0.15) is 5.76 Å². The number of halogens is 1. The molecule has 0 saturated heterocycles. The van der Waals surface area contributed by atoms with E-state index in [1.54, 1.807) is 20.2 Å². The smallest absolute Gasteiger partial charge is 0.177 e. The molecular formula is C13H16ClNO3. The molecule has 2 N–H and O–H groups in total. The summed E-state index contributed by atoms with van der Waals surface area (Å²) in [5.74, 6) is 1.33. The third-order valence-electron chi connectivity index (χ3n) is 2.83. The minimum absolute atomic E-state index is 0.422. The Morgan fingerprint density at radius 1 is 1.50 bits per heavy atom. The van der Waals surface area contributed by atoms with Gasteiger partial charge in [-0.1, -0.05) is 11.6 Å². The standard InChI is InChI=1S/C13H16ClNO3/c1-7-4-9-12(14)8(10(16)6-15-2)5-11(17-3)13(9)18-7/h4-5,10,15-16H,6H2,1-3H3. The first-order valence-electron chi connectivity index (χ1n) is 5.67. The summed E-state index contributed by atoms with van der Waals surface area (Å²) in [6, 6.07) is 3.56. The Bertz CT molecular complexity index is 565. The zero-order valence-electron chi connectivity index (χ0n) is 10.6. The van der Waals surface area contributed by atoms with Crippen LogP contribution in [-0.2, 0) is 0 Å². The predicted molar refractivity (Wildman–Crippen MR) is 71.4 cm³/mol. The van der Waals surface area contributed by atoms with Gasteiger partial charge in [0.2, 0.25) is 0 Å². The van der Waals surface area contributed by atoms with E-state index in [4.69, 9.17) is 20.8 Å².